The second-order valence-corrected chi connectivity index (χ2v) is 8.54. The molecule has 0 radical (unpaired) electrons. The molecule has 0 saturated heterocycles. The molecule has 164 valence electrons. The molecule has 0 fully saturated rings. The number of nitrogens with one attached hydrogen (secondary N) is 2. The number of nitrogens with zero attached hydrogens (tertiary/aromatic N) is 3. The van der Waals surface area contributed by atoms with Gasteiger partial charge in [-0.1, -0.05) is 13.8 Å². The highest BCUT2D eigenvalue weighted by atomic mass is 16.6. The quantitative estimate of drug-likeness (QED) is 0.718. The largest absolute Gasteiger partial charge is 0.444 e. The first-order valence-corrected chi connectivity index (χ1v) is 10.3. The molecule has 0 aliphatic heterocycles. The lowest BCUT2D eigenvalue weighted by Crippen LogP contribution is -2.55. The van der Waals surface area contributed by atoms with Gasteiger partial charge in [0.2, 0.25) is 0 Å². The third-order valence-electron chi connectivity index (χ3n) is 4.94. The van der Waals surface area contributed by atoms with Gasteiger partial charge in [0.1, 0.15) is 5.60 Å². The number of amides is 2. The zero-order valence-electron chi connectivity index (χ0n) is 19.0. The minimum absolute atomic E-state index is 0.239. The van der Waals surface area contributed by atoms with Crippen LogP contribution in [0.5, 0.6) is 0 Å². The molecule has 2 rings (SSSR count). The molecule has 0 spiro atoms. The van der Waals surface area contributed by atoms with Crippen LogP contribution in [0.4, 0.5) is 4.79 Å². The van der Waals surface area contributed by atoms with E-state index in [0.29, 0.717) is 24.2 Å². The molecule has 2 heterocycles. The van der Waals surface area contributed by atoms with Gasteiger partial charge in [-0.25, -0.2) is 14.5 Å². The van der Waals surface area contributed by atoms with Crippen LogP contribution in [-0.4, -0.2) is 44.4 Å². The van der Waals surface area contributed by atoms with E-state index in [1.54, 1.807) is 23.0 Å². The summed E-state index contributed by atoms with van der Waals surface area (Å²) < 4.78 is 7.04. The smallest absolute Gasteiger partial charge is 0.407 e. The van der Waals surface area contributed by atoms with Gasteiger partial charge in [-0.3, -0.25) is 4.79 Å². The fraction of sp³-hybridized carbons (Fsp3) is 0.545. The first-order valence-electron chi connectivity index (χ1n) is 10.3. The summed E-state index contributed by atoms with van der Waals surface area (Å²) >= 11 is 0. The Morgan fingerprint density at radius 3 is 2.27 bits per heavy atom. The Morgan fingerprint density at radius 2 is 1.80 bits per heavy atom. The Balaban J connectivity index is 2.08. The monoisotopic (exact) mass is 415 g/mol. The van der Waals surface area contributed by atoms with Crippen LogP contribution in [0.3, 0.4) is 0 Å². The van der Waals surface area contributed by atoms with Crippen molar-refractivity contribution in [3.8, 4) is 5.82 Å². The predicted molar refractivity (Wildman–Crippen MR) is 116 cm³/mol. The minimum atomic E-state index is -0.581. The normalized spacial score (nSPS) is 11.8. The van der Waals surface area contributed by atoms with Crippen molar-refractivity contribution in [1.82, 2.24) is 25.4 Å². The molecule has 0 bridgehead atoms. The van der Waals surface area contributed by atoms with Crippen molar-refractivity contribution >= 4 is 12.0 Å². The van der Waals surface area contributed by atoms with Crippen molar-refractivity contribution < 1.29 is 14.3 Å². The first kappa shape index (κ1) is 23.4. The highest BCUT2D eigenvalue weighted by Crippen LogP contribution is 2.17. The maximum atomic E-state index is 12.9. The molecule has 0 aliphatic carbocycles. The molecule has 2 aromatic rings. The number of aryl methyl sites for hydroxylation is 2. The number of alkyl carbamates (subject to hydrolysis) is 1. The standard InChI is InChI=1S/C22H33N5O3/c1-8-22(9-2,14-24-20(29)30-21(5,6)7)25-19(28)17-10-11-18(23-13-17)27-16(4)12-15(3)26-27/h10-13H,8-9,14H2,1-7H3,(H,24,29)(H,25,28). The lowest BCUT2D eigenvalue weighted by molar-refractivity contribution is 0.0501. The molecule has 0 unspecified atom stereocenters. The number of pyridine rings is 1. The number of ether oxygens (including phenoxy) is 1. The zero-order valence-corrected chi connectivity index (χ0v) is 19.0. The number of rotatable bonds is 7. The minimum Gasteiger partial charge on any atom is -0.444 e. The molecule has 30 heavy (non-hydrogen) atoms. The Kier molecular flexibility index (Phi) is 7.23. The molecule has 0 aromatic carbocycles. The van der Waals surface area contributed by atoms with Crippen LogP contribution in [0.2, 0.25) is 0 Å². The first-order chi connectivity index (χ1) is 14.0. The van der Waals surface area contributed by atoms with E-state index >= 15 is 0 Å². The Hall–Kier alpha value is -2.90. The van der Waals surface area contributed by atoms with E-state index in [2.05, 4.69) is 20.7 Å². The molecular formula is C22H33N5O3. The van der Waals surface area contributed by atoms with Crippen LogP contribution in [0.25, 0.3) is 5.82 Å². The van der Waals surface area contributed by atoms with Gasteiger partial charge in [-0.15, -0.1) is 0 Å². The van der Waals surface area contributed by atoms with Crippen LogP contribution in [-0.2, 0) is 4.74 Å². The zero-order chi connectivity index (χ0) is 22.5. The Morgan fingerprint density at radius 1 is 1.13 bits per heavy atom. The highest BCUT2D eigenvalue weighted by molar-refractivity contribution is 5.94. The molecule has 0 saturated carbocycles. The van der Waals surface area contributed by atoms with E-state index in [1.807, 2.05) is 54.5 Å². The van der Waals surface area contributed by atoms with E-state index in [1.165, 1.54) is 0 Å². The van der Waals surface area contributed by atoms with Crippen LogP contribution >= 0.6 is 0 Å². The van der Waals surface area contributed by atoms with Crippen molar-refractivity contribution in [3.63, 3.8) is 0 Å². The van der Waals surface area contributed by atoms with Gasteiger partial charge in [-0.2, -0.15) is 5.10 Å². The Labute approximate surface area is 178 Å². The van der Waals surface area contributed by atoms with Gasteiger partial charge in [-0.05, 0) is 65.7 Å². The van der Waals surface area contributed by atoms with Gasteiger partial charge in [0.15, 0.2) is 5.82 Å². The van der Waals surface area contributed by atoms with E-state index in [4.69, 9.17) is 4.74 Å². The molecule has 8 heteroatoms. The predicted octanol–water partition coefficient (Wildman–Crippen LogP) is 3.70. The van der Waals surface area contributed by atoms with E-state index in [9.17, 15) is 9.59 Å². The van der Waals surface area contributed by atoms with Gasteiger partial charge in [0.25, 0.3) is 5.91 Å². The van der Waals surface area contributed by atoms with Gasteiger partial charge >= 0.3 is 6.09 Å². The summed E-state index contributed by atoms with van der Waals surface area (Å²) in [5.41, 5.74) is 1.17. The third kappa shape index (κ3) is 6.05. The molecule has 0 aliphatic rings. The van der Waals surface area contributed by atoms with Crippen LogP contribution < -0.4 is 10.6 Å². The van der Waals surface area contributed by atoms with E-state index in [0.717, 1.165) is 11.4 Å². The molecular weight excluding hydrogens is 382 g/mol. The van der Waals surface area contributed by atoms with Gasteiger partial charge in [0.05, 0.1) is 16.8 Å². The number of carbonyl (C=O) groups excluding carboxylic acids is 2. The summed E-state index contributed by atoms with van der Waals surface area (Å²) in [6.45, 7) is 13.5. The molecule has 0 atom stereocenters. The van der Waals surface area contributed by atoms with Crippen molar-refractivity contribution in [3.05, 3.63) is 41.3 Å². The van der Waals surface area contributed by atoms with Crippen LogP contribution in [0, 0.1) is 13.8 Å². The second-order valence-electron chi connectivity index (χ2n) is 8.54. The topological polar surface area (TPSA) is 98.1 Å². The SMILES string of the molecule is CCC(CC)(CNC(=O)OC(C)(C)C)NC(=O)c1ccc(-n2nc(C)cc2C)nc1. The number of aromatic nitrogens is 3. The number of carbonyl (C=O) groups is 2. The second kappa shape index (κ2) is 9.28. The summed E-state index contributed by atoms with van der Waals surface area (Å²) in [7, 11) is 0. The van der Waals surface area contributed by atoms with Crippen LogP contribution in [0.1, 0.15) is 69.2 Å². The van der Waals surface area contributed by atoms with Crippen molar-refractivity contribution in [2.75, 3.05) is 6.54 Å². The van der Waals surface area contributed by atoms with Crippen LogP contribution in [0.15, 0.2) is 24.4 Å². The summed E-state index contributed by atoms with van der Waals surface area (Å²) in [5.74, 6) is 0.415. The fourth-order valence-corrected chi connectivity index (χ4v) is 3.10. The average Bonchev–Trinajstić information content (AvgIpc) is 3.02. The lowest BCUT2D eigenvalue weighted by Gasteiger charge is -2.33. The maximum Gasteiger partial charge on any atom is 0.407 e. The van der Waals surface area contributed by atoms with Crippen molar-refractivity contribution in [1.29, 1.82) is 0 Å². The summed E-state index contributed by atoms with van der Waals surface area (Å²) in [6, 6.07) is 5.47. The van der Waals surface area contributed by atoms with E-state index in [-0.39, 0.29) is 12.5 Å². The number of hydrogen-bond donors (Lipinski definition) is 2. The summed E-state index contributed by atoms with van der Waals surface area (Å²) in [4.78, 5) is 29.3. The molecule has 2 aromatic heterocycles. The highest BCUT2D eigenvalue weighted by Gasteiger charge is 2.30. The average molecular weight is 416 g/mol. The third-order valence-corrected chi connectivity index (χ3v) is 4.94. The van der Waals surface area contributed by atoms with Gasteiger partial charge in [0, 0.05) is 18.4 Å². The maximum absolute atomic E-state index is 12.9. The number of hydrogen-bond acceptors (Lipinski definition) is 5. The van der Waals surface area contributed by atoms with Gasteiger partial charge < -0.3 is 15.4 Å². The van der Waals surface area contributed by atoms with Crippen molar-refractivity contribution in [2.24, 2.45) is 0 Å². The summed E-state index contributed by atoms with van der Waals surface area (Å²) in [6.07, 6.45) is 2.35. The van der Waals surface area contributed by atoms with E-state index < -0.39 is 17.2 Å². The fourth-order valence-electron chi connectivity index (χ4n) is 3.10. The summed E-state index contributed by atoms with van der Waals surface area (Å²) in [5, 5.41) is 10.3. The Bertz CT molecular complexity index is 877. The molecule has 8 nitrogen and oxygen atoms in total. The lowest BCUT2D eigenvalue weighted by atomic mass is 9.92. The molecule has 2 amide bonds. The molecule has 2 N–H and O–H groups in total. The van der Waals surface area contributed by atoms with Crippen molar-refractivity contribution in [2.45, 2.75) is 72.4 Å².